The van der Waals surface area contributed by atoms with Crippen LogP contribution < -0.4 is 9.64 Å². The lowest BCUT2D eigenvalue weighted by Crippen LogP contribution is -2.22. The van der Waals surface area contributed by atoms with Crippen LogP contribution in [0.1, 0.15) is 13.8 Å². The van der Waals surface area contributed by atoms with E-state index in [0.717, 1.165) is 13.1 Å². The molecule has 0 aliphatic heterocycles. The second-order valence-corrected chi connectivity index (χ2v) is 5.60. The molecule has 0 amide bonds. The number of nitro groups is 1. The summed E-state index contributed by atoms with van der Waals surface area (Å²) in [5.74, 6) is 0.923. The summed E-state index contributed by atoms with van der Waals surface area (Å²) in [6, 6.07) is 9.71. The maximum absolute atomic E-state index is 11.1. The van der Waals surface area contributed by atoms with E-state index in [0.29, 0.717) is 22.2 Å². The van der Waals surface area contributed by atoms with Gasteiger partial charge in [-0.15, -0.1) is 0 Å². The zero-order valence-electron chi connectivity index (χ0n) is 12.8. The SMILES string of the molecule is CCN(CC)c1cc(Cl)c([N+](=O)[O-])cc1Oc1ccc(Cl)cc1. The van der Waals surface area contributed by atoms with Gasteiger partial charge in [0.25, 0.3) is 5.69 Å². The molecule has 23 heavy (non-hydrogen) atoms. The summed E-state index contributed by atoms with van der Waals surface area (Å²) in [4.78, 5) is 12.6. The molecule has 0 saturated heterocycles. The molecule has 122 valence electrons. The molecule has 0 heterocycles. The van der Waals surface area contributed by atoms with E-state index >= 15 is 0 Å². The van der Waals surface area contributed by atoms with Crippen molar-refractivity contribution in [3.05, 3.63) is 56.6 Å². The molecule has 0 atom stereocenters. The van der Waals surface area contributed by atoms with Gasteiger partial charge in [-0.1, -0.05) is 23.2 Å². The molecule has 0 aliphatic carbocycles. The van der Waals surface area contributed by atoms with Gasteiger partial charge in [0.1, 0.15) is 10.8 Å². The van der Waals surface area contributed by atoms with Gasteiger partial charge in [0, 0.05) is 18.1 Å². The summed E-state index contributed by atoms with van der Waals surface area (Å²) in [7, 11) is 0. The van der Waals surface area contributed by atoms with E-state index in [1.165, 1.54) is 6.07 Å². The van der Waals surface area contributed by atoms with Crippen LogP contribution in [0.3, 0.4) is 0 Å². The predicted octanol–water partition coefficient (Wildman–Crippen LogP) is 5.54. The Bertz CT molecular complexity index is 701. The molecule has 0 fully saturated rings. The van der Waals surface area contributed by atoms with Crippen LogP contribution in [0.4, 0.5) is 11.4 Å². The second kappa shape index (κ2) is 7.53. The fourth-order valence-electron chi connectivity index (χ4n) is 2.19. The fourth-order valence-corrected chi connectivity index (χ4v) is 2.55. The van der Waals surface area contributed by atoms with Gasteiger partial charge >= 0.3 is 0 Å². The average molecular weight is 355 g/mol. The summed E-state index contributed by atoms with van der Waals surface area (Å²) in [6.07, 6.45) is 0. The number of rotatable bonds is 6. The molecule has 0 bridgehead atoms. The van der Waals surface area contributed by atoms with Gasteiger partial charge in [-0.05, 0) is 44.2 Å². The Morgan fingerprint density at radius 1 is 1.13 bits per heavy atom. The maximum atomic E-state index is 11.1. The van der Waals surface area contributed by atoms with Gasteiger partial charge in [0.05, 0.1) is 16.7 Å². The monoisotopic (exact) mass is 354 g/mol. The number of anilines is 1. The number of hydrogen-bond donors (Lipinski definition) is 0. The number of hydrogen-bond acceptors (Lipinski definition) is 4. The zero-order valence-corrected chi connectivity index (χ0v) is 14.3. The Hall–Kier alpha value is -1.98. The Labute approximate surface area is 144 Å². The molecule has 2 aromatic carbocycles. The minimum Gasteiger partial charge on any atom is -0.455 e. The van der Waals surface area contributed by atoms with E-state index in [-0.39, 0.29) is 10.7 Å². The van der Waals surface area contributed by atoms with Crippen LogP contribution in [0.15, 0.2) is 36.4 Å². The molecule has 0 aromatic heterocycles. The molecule has 0 N–H and O–H groups in total. The zero-order chi connectivity index (χ0) is 17.0. The topological polar surface area (TPSA) is 55.6 Å². The van der Waals surface area contributed by atoms with Crippen LogP contribution in [-0.4, -0.2) is 18.0 Å². The molecule has 2 rings (SSSR count). The van der Waals surface area contributed by atoms with Gasteiger partial charge in [0.2, 0.25) is 0 Å². The standard InChI is InChI=1S/C16H16Cl2N2O3/c1-3-19(4-2)15-9-13(18)14(20(21)22)10-16(15)23-12-7-5-11(17)6-8-12/h5-10H,3-4H2,1-2H3. The summed E-state index contributed by atoms with van der Waals surface area (Å²) < 4.78 is 5.83. The third kappa shape index (κ3) is 4.06. The molecular formula is C16H16Cl2N2O3. The largest absolute Gasteiger partial charge is 0.455 e. The lowest BCUT2D eigenvalue weighted by Gasteiger charge is -2.24. The highest BCUT2D eigenvalue weighted by Crippen LogP contribution is 2.40. The Balaban J connectivity index is 2.50. The van der Waals surface area contributed by atoms with Gasteiger partial charge in [0.15, 0.2) is 5.75 Å². The molecule has 0 unspecified atom stereocenters. The minimum absolute atomic E-state index is 0.0837. The summed E-state index contributed by atoms with van der Waals surface area (Å²) >= 11 is 11.9. The predicted molar refractivity (Wildman–Crippen MR) is 93.2 cm³/mol. The van der Waals surface area contributed by atoms with E-state index < -0.39 is 4.92 Å². The Morgan fingerprint density at radius 2 is 1.74 bits per heavy atom. The maximum Gasteiger partial charge on any atom is 0.291 e. The first kappa shape index (κ1) is 17.4. The van der Waals surface area contributed by atoms with E-state index in [1.54, 1.807) is 30.3 Å². The van der Waals surface area contributed by atoms with E-state index in [1.807, 2.05) is 18.7 Å². The smallest absolute Gasteiger partial charge is 0.291 e. The quantitative estimate of drug-likeness (QED) is 0.504. The van der Waals surface area contributed by atoms with Crippen LogP contribution >= 0.6 is 23.2 Å². The first-order chi connectivity index (χ1) is 11.0. The summed E-state index contributed by atoms with van der Waals surface area (Å²) in [5.41, 5.74) is 0.520. The first-order valence-electron chi connectivity index (χ1n) is 7.12. The Morgan fingerprint density at radius 3 is 2.26 bits per heavy atom. The van der Waals surface area contributed by atoms with Crippen molar-refractivity contribution in [1.29, 1.82) is 0 Å². The van der Waals surface area contributed by atoms with Crippen molar-refractivity contribution in [1.82, 2.24) is 0 Å². The van der Waals surface area contributed by atoms with Gasteiger partial charge in [-0.2, -0.15) is 0 Å². The molecule has 0 saturated carbocycles. The van der Waals surface area contributed by atoms with Crippen LogP contribution in [0, 0.1) is 10.1 Å². The van der Waals surface area contributed by atoms with E-state index in [9.17, 15) is 10.1 Å². The highest BCUT2D eigenvalue weighted by atomic mass is 35.5. The van der Waals surface area contributed by atoms with Crippen LogP contribution in [0.2, 0.25) is 10.0 Å². The molecule has 5 nitrogen and oxygen atoms in total. The third-order valence-electron chi connectivity index (χ3n) is 3.37. The third-order valence-corrected chi connectivity index (χ3v) is 3.93. The number of nitro benzene ring substituents is 1. The minimum atomic E-state index is -0.525. The molecule has 2 aromatic rings. The molecule has 0 radical (unpaired) electrons. The second-order valence-electron chi connectivity index (χ2n) is 4.76. The van der Waals surface area contributed by atoms with Gasteiger partial charge in [-0.25, -0.2) is 0 Å². The first-order valence-corrected chi connectivity index (χ1v) is 7.88. The van der Waals surface area contributed by atoms with Crippen LogP contribution in [0.5, 0.6) is 11.5 Å². The fraction of sp³-hybridized carbons (Fsp3) is 0.250. The van der Waals surface area contributed by atoms with E-state index in [2.05, 4.69) is 0 Å². The molecule has 7 heteroatoms. The Kier molecular flexibility index (Phi) is 5.69. The molecule has 0 spiro atoms. The molecule has 0 aliphatic rings. The normalized spacial score (nSPS) is 10.4. The van der Waals surface area contributed by atoms with Crippen LogP contribution in [-0.2, 0) is 0 Å². The van der Waals surface area contributed by atoms with Crippen molar-refractivity contribution >= 4 is 34.6 Å². The van der Waals surface area contributed by atoms with Crippen molar-refractivity contribution in [2.75, 3.05) is 18.0 Å². The number of ether oxygens (including phenoxy) is 1. The van der Waals surface area contributed by atoms with Gasteiger partial charge < -0.3 is 9.64 Å². The number of nitrogens with zero attached hydrogens (tertiary/aromatic N) is 2. The lowest BCUT2D eigenvalue weighted by atomic mass is 10.2. The van der Waals surface area contributed by atoms with E-state index in [4.69, 9.17) is 27.9 Å². The number of benzene rings is 2. The lowest BCUT2D eigenvalue weighted by molar-refractivity contribution is -0.384. The van der Waals surface area contributed by atoms with Crippen molar-refractivity contribution in [3.63, 3.8) is 0 Å². The highest BCUT2D eigenvalue weighted by molar-refractivity contribution is 6.33. The molecular weight excluding hydrogens is 339 g/mol. The van der Waals surface area contributed by atoms with Crippen LogP contribution in [0.25, 0.3) is 0 Å². The van der Waals surface area contributed by atoms with Crippen molar-refractivity contribution in [2.45, 2.75) is 13.8 Å². The summed E-state index contributed by atoms with van der Waals surface area (Å²) in [5, 5.41) is 11.8. The highest BCUT2D eigenvalue weighted by Gasteiger charge is 2.20. The van der Waals surface area contributed by atoms with Gasteiger partial charge in [-0.3, -0.25) is 10.1 Å². The van der Waals surface area contributed by atoms with Crippen molar-refractivity contribution in [2.24, 2.45) is 0 Å². The van der Waals surface area contributed by atoms with Crippen molar-refractivity contribution in [3.8, 4) is 11.5 Å². The number of halogens is 2. The summed E-state index contributed by atoms with van der Waals surface area (Å²) in [6.45, 7) is 5.43. The average Bonchev–Trinajstić information content (AvgIpc) is 2.52. The van der Waals surface area contributed by atoms with Crippen molar-refractivity contribution < 1.29 is 9.66 Å².